The normalized spacial score (nSPS) is 9.21. The van der Waals surface area contributed by atoms with Gasteiger partial charge in [-0.15, -0.1) is 0 Å². The SMILES string of the molecule is CCCN=C(CC)[N-]CCC.[CH3-].[CH3-].[Sc]. The Bertz CT molecular complexity index is 114. The molecule has 0 aliphatic carbocycles. The van der Waals surface area contributed by atoms with Gasteiger partial charge in [-0.3, -0.25) is 0 Å². The molecule has 1 radical (unpaired) electrons. The second-order valence-corrected chi connectivity index (χ2v) is 2.53. The maximum Gasteiger partial charge on any atom is 0 e. The van der Waals surface area contributed by atoms with E-state index in [2.05, 4.69) is 31.1 Å². The Hall–Kier alpha value is 0.340. The molecule has 0 aromatic rings. The predicted octanol–water partition coefficient (Wildman–Crippen LogP) is 3.89. The molecule has 0 amide bonds. The van der Waals surface area contributed by atoms with Crippen LogP contribution in [0.25, 0.3) is 5.32 Å². The maximum absolute atomic E-state index is 4.35. The third kappa shape index (κ3) is 14.8. The fourth-order valence-electron chi connectivity index (χ4n) is 0.755. The second-order valence-electron chi connectivity index (χ2n) is 2.53. The van der Waals surface area contributed by atoms with Crippen molar-refractivity contribution in [3.05, 3.63) is 20.2 Å². The Balaban J connectivity index is -0.000000167. The number of hydrogen-bond acceptors (Lipinski definition) is 1. The van der Waals surface area contributed by atoms with E-state index >= 15 is 0 Å². The minimum Gasteiger partial charge on any atom is -0.469 e. The van der Waals surface area contributed by atoms with E-state index in [4.69, 9.17) is 0 Å². The van der Waals surface area contributed by atoms with Crippen LogP contribution in [-0.4, -0.2) is 18.9 Å². The Morgan fingerprint density at radius 1 is 1.07 bits per heavy atom. The summed E-state index contributed by atoms with van der Waals surface area (Å²) >= 11 is 0. The topological polar surface area (TPSA) is 26.5 Å². The van der Waals surface area contributed by atoms with Gasteiger partial charge in [-0.1, -0.05) is 52.5 Å². The number of hydrogen-bond donors (Lipinski definition) is 0. The average molecular weight is 230 g/mol. The van der Waals surface area contributed by atoms with Gasteiger partial charge in [-0.25, -0.2) is 0 Å². The van der Waals surface area contributed by atoms with Gasteiger partial charge in [0, 0.05) is 25.8 Å². The minimum atomic E-state index is 0. The zero-order valence-electron chi connectivity index (χ0n) is 10.5. The molecule has 0 N–H and O–H groups in total. The van der Waals surface area contributed by atoms with E-state index in [1.54, 1.807) is 0 Å². The van der Waals surface area contributed by atoms with E-state index in [0.29, 0.717) is 0 Å². The van der Waals surface area contributed by atoms with E-state index in [0.717, 1.165) is 38.2 Å². The van der Waals surface area contributed by atoms with Crippen molar-refractivity contribution in [2.75, 3.05) is 13.1 Å². The van der Waals surface area contributed by atoms with Gasteiger partial charge in [0.1, 0.15) is 0 Å². The van der Waals surface area contributed by atoms with Gasteiger partial charge in [0.25, 0.3) is 0 Å². The fourth-order valence-corrected chi connectivity index (χ4v) is 0.755. The summed E-state index contributed by atoms with van der Waals surface area (Å²) in [6.45, 7) is 8.23. The molecule has 0 aliphatic heterocycles. The quantitative estimate of drug-likeness (QED) is 0.389. The summed E-state index contributed by atoms with van der Waals surface area (Å²) in [5.41, 5.74) is 0. The van der Waals surface area contributed by atoms with Gasteiger partial charge in [-0.2, -0.15) is 0 Å². The molecule has 0 atom stereocenters. The Kier molecular flexibility index (Phi) is 32.4. The van der Waals surface area contributed by atoms with Gasteiger partial charge in [0.2, 0.25) is 0 Å². The molecule has 0 aromatic heterocycles. The van der Waals surface area contributed by atoms with Crippen LogP contribution < -0.4 is 0 Å². The Morgan fingerprint density at radius 3 is 2.00 bits per heavy atom. The summed E-state index contributed by atoms with van der Waals surface area (Å²) in [5, 5.41) is 4.35. The summed E-state index contributed by atoms with van der Waals surface area (Å²) in [4.78, 5) is 4.35. The standard InChI is InChI=1S/C9H19N2.2CH3.Sc/c1-4-7-10-9(6-3)11-8-5-2;;;/h4-8H2,1-3H3;2*1H3;/q3*-1;. The summed E-state index contributed by atoms with van der Waals surface area (Å²) in [6, 6.07) is 0. The number of amidine groups is 1. The van der Waals surface area contributed by atoms with Crippen LogP contribution in [0, 0.1) is 14.9 Å². The van der Waals surface area contributed by atoms with E-state index in [1.165, 1.54) is 0 Å². The zero-order chi connectivity index (χ0) is 8.53. The molecular weight excluding hydrogens is 205 g/mol. The van der Waals surface area contributed by atoms with Crippen molar-refractivity contribution in [3.63, 3.8) is 0 Å². The first-order chi connectivity index (χ1) is 5.35. The molecule has 85 valence electrons. The monoisotopic (exact) mass is 230 g/mol. The number of rotatable bonds is 5. The predicted molar refractivity (Wildman–Crippen MR) is 64.2 cm³/mol. The molecule has 0 aliphatic rings. The van der Waals surface area contributed by atoms with Crippen molar-refractivity contribution >= 4 is 5.84 Å². The van der Waals surface area contributed by atoms with Gasteiger partial charge < -0.3 is 25.2 Å². The van der Waals surface area contributed by atoms with Crippen LogP contribution in [0.5, 0.6) is 0 Å². The smallest absolute Gasteiger partial charge is 0 e. The number of nitrogens with zero attached hydrogens (tertiary/aromatic N) is 2. The first-order valence-corrected chi connectivity index (χ1v) is 4.55. The molecule has 0 fully saturated rings. The average Bonchev–Trinajstić information content (AvgIpc) is 2.05. The second kappa shape index (κ2) is 19.0. The van der Waals surface area contributed by atoms with Crippen LogP contribution in [0.2, 0.25) is 0 Å². The van der Waals surface area contributed by atoms with E-state index in [-0.39, 0.29) is 40.7 Å². The van der Waals surface area contributed by atoms with Crippen molar-refractivity contribution in [1.82, 2.24) is 0 Å². The van der Waals surface area contributed by atoms with Crippen LogP contribution in [-0.2, 0) is 25.8 Å². The number of aliphatic imine (C=N–C) groups is 1. The molecular formula is C11H25N2Sc-3. The summed E-state index contributed by atoms with van der Waals surface area (Å²) in [6.07, 6.45) is 3.20. The van der Waals surface area contributed by atoms with E-state index < -0.39 is 0 Å². The van der Waals surface area contributed by atoms with Crippen molar-refractivity contribution < 1.29 is 25.8 Å². The van der Waals surface area contributed by atoms with Crippen LogP contribution >= 0.6 is 0 Å². The third-order valence-corrected chi connectivity index (χ3v) is 1.35. The molecule has 0 saturated heterocycles. The largest absolute Gasteiger partial charge is 0.469 e. The van der Waals surface area contributed by atoms with E-state index in [9.17, 15) is 0 Å². The third-order valence-electron chi connectivity index (χ3n) is 1.35. The van der Waals surface area contributed by atoms with Gasteiger partial charge in [0.15, 0.2) is 0 Å². The van der Waals surface area contributed by atoms with Crippen molar-refractivity contribution in [3.8, 4) is 0 Å². The summed E-state index contributed by atoms with van der Waals surface area (Å²) in [5.74, 6) is 1.04. The van der Waals surface area contributed by atoms with Gasteiger partial charge >= 0.3 is 0 Å². The van der Waals surface area contributed by atoms with Gasteiger partial charge in [-0.05, 0) is 6.42 Å². The summed E-state index contributed by atoms with van der Waals surface area (Å²) in [7, 11) is 0. The molecule has 0 spiro atoms. The summed E-state index contributed by atoms with van der Waals surface area (Å²) < 4.78 is 0. The van der Waals surface area contributed by atoms with Crippen molar-refractivity contribution in [2.24, 2.45) is 4.99 Å². The van der Waals surface area contributed by atoms with Crippen LogP contribution in [0.1, 0.15) is 40.0 Å². The van der Waals surface area contributed by atoms with Crippen LogP contribution in [0.4, 0.5) is 0 Å². The molecule has 2 nitrogen and oxygen atoms in total. The zero-order valence-corrected chi connectivity index (χ0v) is 12.3. The van der Waals surface area contributed by atoms with E-state index in [1.807, 2.05) is 0 Å². The van der Waals surface area contributed by atoms with Crippen LogP contribution in [0.15, 0.2) is 4.99 Å². The van der Waals surface area contributed by atoms with Gasteiger partial charge in [0.05, 0.1) is 0 Å². The maximum atomic E-state index is 4.35. The van der Waals surface area contributed by atoms with Crippen LogP contribution in [0.3, 0.4) is 0 Å². The van der Waals surface area contributed by atoms with Crippen molar-refractivity contribution in [2.45, 2.75) is 40.0 Å². The van der Waals surface area contributed by atoms with Crippen molar-refractivity contribution in [1.29, 1.82) is 0 Å². The molecule has 0 aromatic carbocycles. The molecule has 0 bridgehead atoms. The molecule has 0 unspecified atom stereocenters. The first kappa shape index (κ1) is 23.9. The Labute approximate surface area is 110 Å². The first-order valence-electron chi connectivity index (χ1n) is 4.55. The Morgan fingerprint density at radius 2 is 1.64 bits per heavy atom. The molecule has 0 rings (SSSR count). The minimum absolute atomic E-state index is 0. The molecule has 14 heavy (non-hydrogen) atoms. The molecule has 3 heteroatoms. The molecule has 0 heterocycles. The fraction of sp³-hybridized carbons (Fsp3) is 0.727. The molecule has 0 saturated carbocycles.